The van der Waals surface area contributed by atoms with E-state index in [0.29, 0.717) is 13.0 Å². The van der Waals surface area contributed by atoms with Gasteiger partial charge in [-0.1, -0.05) is 0 Å². The van der Waals surface area contributed by atoms with E-state index >= 15 is 0 Å². The van der Waals surface area contributed by atoms with Crippen LogP contribution in [0.15, 0.2) is 18.5 Å². The predicted molar refractivity (Wildman–Crippen MR) is 98.8 cm³/mol. The topological polar surface area (TPSA) is 97.7 Å². The number of amides is 1. The summed E-state index contributed by atoms with van der Waals surface area (Å²) in [6.07, 6.45) is -11.0. The molecule has 1 aromatic carbocycles. The lowest BCUT2D eigenvalue weighted by molar-refractivity contribution is -0.189. The van der Waals surface area contributed by atoms with E-state index in [2.05, 4.69) is 20.3 Å². The highest BCUT2D eigenvalue weighted by Crippen LogP contribution is 2.36. The number of aromatic nitrogens is 5. The molecular weight excluding hydrogens is 465 g/mol. The minimum absolute atomic E-state index is 0.184. The lowest BCUT2D eigenvalue weighted by Gasteiger charge is -2.20. The first-order valence-corrected chi connectivity index (χ1v) is 9.05. The Bertz CT molecular complexity index is 1180. The van der Waals surface area contributed by atoms with Gasteiger partial charge in [0.15, 0.2) is 17.6 Å². The molecule has 2 heterocycles. The van der Waals surface area contributed by atoms with Gasteiger partial charge in [0.25, 0.3) is 5.91 Å². The zero-order chi connectivity index (χ0) is 24.7. The Balaban J connectivity index is 2.07. The molecule has 0 aliphatic heterocycles. The Morgan fingerprint density at radius 3 is 2.42 bits per heavy atom. The molecule has 15 heteroatoms. The van der Waals surface area contributed by atoms with E-state index in [1.165, 1.54) is 25.0 Å². The van der Waals surface area contributed by atoms with Crippen LogP contribution >= 0.6 is 0 Å². The van der Waals surface area contributed by atoms with Crippen molar-refractivity contribution in [2.75, 3.05) is 5.32 Å². The molecule has 178 valence electrons. The zero-order valence-electron chi connectivity index (χ0n) is 17.1. The van der Waals surface area contributed by atoms with Gasteiger partial charge in [-0.05, 0) is 26.0 Å². The number of rotatable bonds is 5. The van der Waals surface area contributed by atoms with Gasteiger partial charge in [0, 0.05) is 7.05 Å². The third kappa shape index (κ3) is 5.06. The van der Waals surface area contributed by atoms with Gasteiger partial charge in [0.2, 0.25) is 0 Å². The highest BCUT2D eigenvalue weighted by atomic mass is 19.4. The standard InChI is InChI=1S/C18H15F7N6O2/c1-7-13(14(29-28-7)18(23,24)25)27-16(32)10-4-11(19)9(15-26-6-31(3)30-15)5-12(10)33-8(2)17(20,21)22/h4-6,8H,1-3H3,(H,27,32)(H,28,29). The summed E-state index contributed by atoms with van der Waals surface area (Å²) in [7, 11) is 1.46. The first kappa shape index (κ1) is 24.0. The summed E-state index contributed by atoms with van der Waals surface area (Å²) in [5, 5.41) is 10.9. The first-order chi connectivity index (χ1) is 15.2. The van der Waals surface area contributed by atoms with Crippen molar-refractivity contribution >= 4 is 11.6 Å². The molecule has 1 atom stereocenters. The maximum absolute atomic E-state index is 14.7. The van der Waals surface area contributed by atoms with Crippen molar-refractivity contribution in [3.63, 3.8) is 0 Å². The molecule has 0 spiro atoms. The van der Waals surface area contributed by atoms with Gasteiger partial charge in [0.05, 0.1) is 22.5 Å². The van der Waals surface area contributed by atoms with E-state index in [1.807, 2.05) is 5.32 Å². The molecular formula is C18H15F7N6O2. The summed E-state index contributed by atoms with van der Waals surface area (Å²) in [6.45, 7) is 1.82. The smallest absolute Gasteiger partial charge is 0.437 e. The number of H-pyrrole nitrogens is 1. The Labute approximate surface area is 180 Å². The predicted octanol–water partition coefficient (Wildman–Crippen LogP) is 4.25. The Morgan fingerprint density at radius 1 is 1.21 bits per heavy atom. The van der Waals surface area contributed by atoms with Crippen LogP contribution in [0.4, 0.5) is 36.4 Å². The number of nitrogens with one attached hydrogen (secondary N) is 2. The minimum Gasteiger partial charge on any atom is -0.480 e. The van der Waals surface area contributed by atoms with E-state index in [0.717, 1.165) is 6.07 Å². The second-order valence-corrected chi connectivity index (χ2v) is 6.90. The van der Waals surface area contributed by atoms with E-state index in [1.54, 1.807) is 0 Å². The molecule has 0 aliphatic rings. The van der Waals surface area contributed by atoms with E-state index in [9.17, 15) is 35.5 Å². The molecule has 0 radical (unpaired) electrons. The lowest BCUT2D eigenvalue weighted by atomic mass is 10.1. The molecule has 2 N–H and O–H groups in total. The highest BCUT2D eigenvalue weighted by molar-refractivity contribution is 6.07. The summed E-state index contributed by atoms with van der Waals surface area (Å²) in [5.74, 6) is -3.42. The van der Waals surface area contributed by atoms with Gasteiger partial charge < -0.3 is 10.1 Å². The van der Waals surface area contributed by atoms with E-state index in [-0.39, 0.29) is 17.1 Å². The number of hydrogen-bond acceptors (Lipinski definition) is 5. The summed E-state index contributed by atoms with van der Waals surface area (Å²) in [6, 6.07) is 1.30. The van der Waals surface area contributed by atoms with Crippen LogP contribution in [0, 0.1) is 12.7 Å². The van der Waals surface area contributed by atoms with Gasteiger partial charge in [-0.25, -0.2) is 9.37 Å². The summed E-state index contributed by atoms with van der Waals surface area (Å²) < 4.78 is 99.4. The van der Waals surface area contributed by atoms with Crippen molar-refractivity contribution in [2.45, 2.75) is 32.3 Å². The second kappa shape index (κ2) is 8.37. The number of carbonyl (C=O) groups is 1. The summed E-state index contributed by atoms with van der Waals surface area (Å²) in [4.78, 5) is 16.5. The van der Waals surface area contributed by atoms with E-state index < -0.39 is 52.9 Å². The number of carbonyl (C=O) groups excluding carboxylic acids is 1. The minimum atomic E-state index is -4.95. The average molecular weight is 480 g/mol. The van der Waals surface area contributed by atoms with Crippen LogP contribution in [-0.4, -0.2) is 43.1 Å². The molecule has 8 nitrogen and oxygen atoms in total. The van der Waals surface area contributed by atoms with Crippen LogP contribution in [0.1, 0.15) is 28.7 Å². The maximum Gasteiger partial charge on any atom is 0.437 e. The van der Waals surface area contributed by atoms with Gasteiger partial charge in [-0.15, -0.1) is 0 Å². The summed E-state index contributed by atoms with van der Waals surface area (Å²) >= 11 is 0. The Morgan fingerprint density at radius 2 is 1.88 bits per heavy atom. The van der Waals surface area contributed by atoms with Gasteiger partial charge in [-0.3, -0.25) is 14.6 Å². The normalized spacial score (nSPS) is 13.2. The van der Waals surface area contributed by atoms with Gasteiger partial charge in [-0.2, -0.15) is 36.5 Å². The zero-order valence-corrected chi connectivity index (χ0v) is 17.1. The van der Waals surface area contributed by atoms with Crippen molar-refractivity contribution in [1.29, 1.82) is 0 Å². The Kier molecular flexibility index (Phi) is 6.08. The fraction of sp³-hybridized carbons (Fsp3) is 0.333. The fourth-order valence-corrected chi connectivity index (χ4v) is 2.69. The molecule has 33 heavy (non-hydrogen) atoms. The molecule has 3 aromatic rings. The second-order valence-electron chi connectivity index (χ2n) is 6.90. The molecule has 2 aromatic heterocycles. The van der Waals surface area contributed by atoms with Crippen molar-refractivity contribution in [3.05, 3.63) is 41.2 Å². The SMILES string of the molecule is Cc1[nH]nc(C(F)(F)F)c1NC(=O)c1cc(F)c(-c2ncn(C)n2)cc1OC(C)C(F)(F)F. The quantitative estimate of drug-likeness (QED) is 0.532. The van der Waals surface area contributed by atoms with Crippen LogP contribution < -0.4 is 10.1 Å². The van der Waals surface area contributed by atoms with Crippen LogP contribution in [-0.2, 0) is 13.2 Å². The maximum atomic E-state index is 14.7. The number of aromatic amines is 1. The number of benzene rings is 1. The van der Waals surface area contributed by atoms with Crippen molar-refractivity contribution in [1.82, 2.24) is 25.0 Å². The highest BCUT2D eigenvalue weighted by Gasteiger charge is 2.40. The fourth-order valence-electron chi connectivity index (χ4n) is 2.69. The monoisotopic (exact) mass is 480 g/mol. The van der Waals surface area contributed by atoms with Crippen molar-refractivity contribution in [2.24, 2.45) is 7.05 Å². The van der Waals surface area contributed by atoms with Crippen LogP contribution in [0.2, 0.25) is 0 Å². The molecule has 3 rings (SSSR count). The average Bonchev–Trinajstić information content (AvgIpc) is 3.27. The Hall–Kier alpha value is -3.65. The summed E-state index contributed by atoms with van der Waals surface area (Å²) in [5.41, 5.74) is -3.58. The molecule has 1 amide bonds. The largest absolute Gasteiger partial charge is 0.480 e. The van der Waals surface area contributed by atoms with Gasteiger partial charge in [0.1, 0.15) is 17.9 Å². The number of nitrogens with zero attached hydrogens (tertiary/aromatic N) is 4. The van der Waals surface area contributed by atoms with Crippen LogP contribution in [0.5, 0.6) is 5.75 Å². The first-order valence-electron chi connectivity index (χ1n) is 9.05. The van der Waals surface area contributed by atoms with E-state index in [4.69, 9.17) is 4.74 Å². The number of ether oxygens (including phenoxy) is 1. The molecule has 0 saturated heterocycles. The number of alkyl halides is 6. The van der Waals surface area contributed by atoms with Crippen molar-refractivity contribution < 1.29 is 40.3 Å². The van der Waals surface area contributed by atoms with Gasteiger partial charge >= 0.3 is 12.4 Å². The van der Waals surface area contributed by atoms with Crippen LogP contribution in [0.25, 0.3) is 11.4 Å². The molecule has 0 fully saturated rings. The molecule has 0 saturated carbocycles. The van der Waals surface area contributed by atoms with Crippen LogP contribution in [0.3, 0.4) is 0 Å². The number of hydrogen-bond donors (Lipinski definition) is 2. The third-order valence-corrected chi connectivity index (χ3v) is 4.37. The third-order valence-electron chi connectivity index (χ3n) is 4.37. The number of halogens is 7. The molecule has 0 bridgehead atoms. The number of anilines is 1. The molecule has 1 unspecified atom stereocenters. The molecule has 0 aliphatic carbocycles. The number of aryl methyl sites for hydroxylation is 2. The lowest BCUT2D eigenvalue weighted by Crippen LogP contribution is -2.32. The van der Waals surface area contributed by atoms with Crippen molar-refractivity contribution in [3.8, 4) is 17.1 Å².